The average molecular weight is 434 g/mol. The van der Waals surface area contributed by atoms with Gasteiger partial charge in [0.2, 0.25) is 0 Å². The van der Waals surface area contributed by atoms with E-state index in [0.29, 0.717) is 24.0 Å². The van der Waals surface area contributed by atoms with Gasteiger partial charge in [0.25, 0.3) is 0 Å². The Kier molecular flexibility index (Phi) is 7.05. The Balaban J connectivity index is 2.60. The Morgan fingerprint density at radius 3 is 2.13 bits per heavy atom. The zero-order valence-corrected chi connectivity index (χ0v) is 16.2. The van der Waals surface area contributed by atoms with E-state index in [1.165, 1.54) is 12.1 Å². The molecule has 0 amide bonds. The van der Waals surface area contributed by atoms with Crippen LogP contribution in [0.2, 0.25) is 0 Å². The van der Waals surface area contributed by atoms with Gasteiger partial charge in [-0.3, -0.25) is 4.79 Å². The first kappa shape index (κ1) is 23.6. The van der Waals surface area contributed by atoms with E-state index in [-0.39, 0.29) is 16.9 Å². The topological polar surface area (TPSA) is 46.5 Å². The number of aryl methyl sites for hydroxylation is 1. The predicted molar refractivity (Wildman–Crippen MR) is 98.5 cm³/mol. The van der Waals surface area contributed by atoms with E-state index in [9.17, 15) is 36.2 Å². The van der Waals surface area contributed by atoms with E-state index in [0.717, 1.165) is 24.3 Å². The van der Waals surface area contributed by atoms with Crippen molar-refractivity contribution in [3.63, 3.8) is 0 Å². The molecular formula is C21H20F6O3. The van der Waals surface area contributed by atoms with Crippen molar-refractivity contribution in [2.75, 3.05) is 6.61 Å². The molecule has 0 bridgehead atoms. The van der Waals surface area contributed by atoms with Gasteiger partial charge in [-0.25, -0.2) is 0 Å². The highest BCUT2D eigenvalue weighted by Crippen LogP contribution is 2.39. The molecular weight excluding hydrogens is 414 g/mol. The SMILES string of the molecule is CCCC(C(=O)O)c1cc(-c2ccc(C(F)(F)F)cc2)c(OCC(F)(F)F)cc1C. The number of carbonyl (C=O) groups is 1. The van der Waals surface area contributed by atoms with Crippen LogP contribution in [0.1, 0.15) is 42.4 Å². The van der Waals surface area contributed by atoms with Crippen molar-refractivity contribution in [1.82, 2.24) is 0 Å². The summed E-state index contributed by atoms with van der Waals surface area (Å²) in [6, 6.07) is 6.53. The van der Waals surface area contributed by atoms with Gasteiger partial charge in [-0.15, -0.1) is 0 Å². The Bertz CT molecular complexity index is 885. The molecule has 0 saturated heterocycles. The van der Waals surface area contributed by atoms with Gasteiger partial charge in [0, 0.05) is 5.56 Å². The van der Waals surface area contributed by atoms with E-state index in [1.807, 2.05) is 0 Å². The minimum atomic E-state index is -4.62. The van der Waals surface area contributed by atoms with Crippen LogP contribution in [0, 0.1) is 6.92 Å². The van der Waals surface area contributed by atoms with Crippen molar-refractivity contribution in [2.45, 2.75) is 45.0 Å². The summed E-state index contributed by atoms with van der Waals surface area (Å²) < 4.78 is 81.3. The number of carboxylic acid groups (broad SMARTS) is 1. The quantitative estimate of drug-likeness (QED) is 0.500. The number of hydrogen-bond donors (Lipinski definition) is 1. The molecule has 0 fully saturated rings. The van der Waals surface area contributed by atoms with Gasteiger partial charge in [0.05, 0.1) is 11.5 Å². The normalized spacial score (nSPS) is 13.2. The van der Waals surface area contributed by atoms with Crippen molar-refractivity contribution in [1.29, 1.82) is 0 Å². The lowest BCUT2D eigenvalue weighted by Gasteiger charge is -2.20. The van der Waals surface area contributed by atoms with Crippen molar-refractivity contribution in [2.24, 2.45) is 0 Å². The molecule has 0 aliphatic heterocycles. The van der Waals surface area contributed by atoms with E-state index in [4.69, 9.17) is 4.74 Å². The van der Waals surface area contributed by atoms with Crippen LogP contribution in [-0.4, -0.2) is 23.9 Å². The summed E-state index contributed by atoms with van der Waals surface area (Å²) in [5, 5.41) is 9.54. The van der Waals surface area contributed by atoms with Crippen LogP contribution in [0.3, 0.4) is 0 Å². The summed E-state index contributed by atoms with van der Waals surface area (Å²) in [5.74, 6) is -2.18. The fourth-order valence-corrected chi connectivity index (χ4v) is 3.12. The Hall–Kier alpha value is -2.71. The zero-order chi connectivity index (χ0) is 22.7. The summed E-state index contributed by atoms with van der Waals surface area (Å²) in [5.41, 5.74) is 0.158. The molecule has 9 heteroatoms. The maximum absolute atomic E-state index is 12.8. The van der Waals surface area contributed by atoms with Crippen LogP contribution >= 0.6 is 0 Å². The lowest BCUT2D eigenvalue weighted by atomic mass is 9.88. The molecule has 1 atom stereocenters. The molecule has 0 aromatic heterocycles. The first-order chi connectivity index (χ1) is 13.8. The number of hydrogen-bond acceptors (Lipinski definition) is 2. The van der Waals surface area contributed by atoms with E-state index in [1.54, 1.807) is 13.8 Å². The van der Waals surface area contributed by atoms with Gasteiger partial charge >= 0.3 is 18.3 Å². The van der Waals surface area contributed by atoms with Crippen molar-refractivity contribution in [3.8, 4) is 16.9 Å². The summed E-state index contributed by atoms with van der Waals surface area (Å²) in [6.45, 7) is 1.76. The van der Waals surface area contributed by atoms with Crippen molar-refractivity contribution in [3.05, 3.63) is 53.1 Å². The van der Waals surface area contributed by atoms with Crippen molar-refractivity contribution < 1.29 is 41.0 Å². The summed E-state index contributed by atoms with van der Waals surface area (Å²) in [6.07, 6.45) is -8.33. The number of benzene rings is 2. The number of rotatable bonds is 7. The smallest absolute Gasteiger partial charge is 0.422 e. The maximum atomic E-state index is 12.8. The second kappa shape index (κ2) is 8.97. The summed E-state index contributed by atoms with van der Waals surface area (Å²) in [7, 11) is 0. The summed E-state index contributed by atoms with van der Waals surface area (Å²) in [4.78, 5) is 11.7. The van der Waals surface area contributed by atoms with Crippen LogP contribution in [0.4, 0.5) is 26.3 Å². The third-order valence-electron chi connectivity index (χ3n) is 4.53. The molecule has 0 saturated carbocycles. The third kappa shape index (κ3) is 5.90. The van der Waals surface area contributed by atoms with Gasteiger partial charge in [-0.2, -0.15) is 26.3 Å². The minimum Gasteiger partial charge on any atom is -0.483 e. The minimum absolute atomic E-state index is 0.0935. The van der Waals surface area contributed by atoms with Crippen molar-refractivity contribution >= 4 is 5.97 Å². The second-order valence-corrected chi connectivity index (χ2v) is 6.86. The van der Waals surface area contributed by atoms with Crippen LogP contribution in [0.15, 0.2) is 36.4 Å². The van der Waals surface area contributed by atoms with Crippen LogP contribution in [-0.2, 0) is 11.0 Å². The second-order valence-electron chi connectivity index (χ2n) is 6.86. The molecule has 0 aliphatic carbocycles. The number of aliphatic carboxylic acids is 1. The number of ether oxygens (including phenoxy) is 1. The molecule has 2 rings (SSSR count). The molecule has 3 nitrogen and oxygen atoms in total. The maximum Gasteiger partial charge on any atom is 0.422 e. The Morgan fingerprint density at radius 1 is 1.07 bits per heavy atom. The highest BCUT2D eigenvalue weighted by Gasteiger charge is 2.31. The molecule has 30 heavy (non-hydrogen) atoms. The van der Waals surface area contributed by atoms with Gasteiger partial charge in [0.1, 0.15) is 5.75 Å². The fraction of sp³-hybridized carbons (Fsp3) is 0.381. The highest BCUT2D eigenvalue weighted by molar-refractivity contribution is 5.80. The van der Waals surface area contributed by atoms with Gasteiger partial charge in [-0.05, 0) is 54.3 Å². The zero-order valence-electron chi connectivity index (χ0n) is 16.2. The van der Waals surface area contributed by atoms with Crippen LogP contribution in [0.25, 0.3) is 11.1 Å². The molecule has 1 unspecified atom stereocenters. The van der Waals surface area contributed by atoms with Crippen LogP contribution < -0.4 is 4.74 Å². The van der Waals surface area contributed by atoms with E-state index >= 15 is 0 Å². The number of carboxylic acids is 1. The fourth-order valence-electron chi connectivity index (χ4n) is 3.12. The first-order valence-corrected chi connectivity index (χ1v) is 9.08. The molecule has 164 valence electrons. The molecule has 0 heterocycles. The summed E-state index contributed by atoms with van der Waals surface area (Å²) >= 11 is 0. The molecule has 2 aromatic carbocycles. The number of alkyl halides is 6. The number of halogens is 6. The standard InChI is InChI=1S/C21H20F6O3/c1-3-4-15(19(28)29)16-10-17(13-5-7-14(8-6-13)21(25,26)27)18(9-12(16)2)30-11-20(22,23)24/h5-10,15H,3-4,11H2,1-2H3,(H,28,29). The van der Waals surface area contributed by atoms with Gasteiger partial charge in [-0.1, -0.05) is 25.5 Å². The van der Waals surface area contributed by atoms with E-state index < -0.39 is 36.4 Å². The molecule has 2 aromatic rings. The van der Waals surface area contributed by atoms with E-state index in [2.05, 4.69) is 0 Å². The monoisotopic (exact) mass is 434 g/mol. The van der Waals surface area contributed by atoms with Gasteiger partial charge in [0.15, 0.2) is 6.61 Å². The third-order valence-corrected chi connectivity index (χ3v) is 4.53. The molecule has 0 radical (unpaired) electrons. The van der Waals surface area contributed by atoms with Crippen LogP contribution in [0.5, 0.6) is 5.75 Å². The lowest BCUT2D eigenvalue weighted by molar-refractivity contribution is -0.153. The van der Waals surface area contributed by atoms with Gasteiger partial charge < -0.3 is 9.84 Å². The Labute approximate surface area is 169 Å². The molecule has 0 spiro atoms. The Morgan fingerprint density at radius 2 is 1.67 bits per heavy atom. The first-order valence-electron chi connectivity index (χ1n) is 9.08. The largest absolute Gasteiger partial charge is 0.483 e. The molecule has 0 aliphatic rings. The average Bonchev–Trinajstić information content (AvgIpc) is 2.63. The lowest BCUT2D eigenvalue weighted by Crippen LogP contribution is -2.20. The highest BCUT2D eigenvalue weighted by atomic mass is 19.4. The predicted octanol–water partition coefficient (Wildman–Crippen LogP) is 6.59. The molecule has 1 N–H and O–H groups in total.